The van der Waals surface area contributed by atoms with Gasteiger partial charge in [-0.05, 0) is 43.3 Å². The van der Waals surface area contributed by atoms with Crippen LogP contribution in [0.5, 0.6) is 5.75 Å². The van der Waals surface area contributed by atoms with Gasteiger partial charge in [-0.2, -0.15) is 0 Å². The van der Waals surface area contributed by atoms with Gasteiger partial charge in [0.25, 0.3) is 5.91 Å². The molecule has 3 rings (SSSR count). The van der Waals surface area contributed by atoms with Gasteiger partial charge in [0.1, 0.15) is 17.3 Å². The molecule has 5 heteroatoms. The number of hydrogen-bond acceptors (Lipinski definition) is 4. The quantitative estimate of drug-likeness (QED) is 0.696. The van der Waals surface area contributed by atoms with Crippen LogP contribution in [0.2, 0.25) is 0 Å². The molecule has 0 spiro atoms. The van der Waals surface area contributed by atoms with Gasteiger partial charge in [0.2, 0.25) is 0 Å². The van der Waals surface area contributed by atoms with E-state index in [1.54, 1.807) is 29.5 Å². The van der Waals surface area contributed by atoms with Crippen molar-refractivity contribution >= 4 is 11.7 Å². The number of anilines is 1. The van der Waals surface area contributed by atoms with Crippen LogP contribution in [0.25, 0.3) is 0 Å². The fourth-order valence-electron chi connectivity index (χ4n) is 2.23. The molecule has 1 amide bonds. The number of aromatic nitrogens is 1. The highest BCUT2D eigenvalue weighted by Crippen LogP contribution is 2.16. The smallest absolute Gasteiger partial charge is 0.266 e. The highest BCUT2D eigenvalue weighted by molar-refractivity contribution is 5.93. The predicted octanol–water partition coefficient (Wildman–Crippen LogP) is 3.60. The summed E-state index contributed by atoms with van der Waals surface area (Å²) in [6.45, 7) is 2.24. The Balaban J connectivity index is 1.72. The van der Waals surface area contributed by atoms with Gasteiger partial charge in [-0.15, -0.1) is 0 Å². The maximum atomic E-state index is 12.6. The minimum atomic E-state index is -0.189. The van der Waals surface area contributed by atoms with Crippen LogP contribution >= 0.6 is 0 Å². The molecule has 24 heavy (non-hydrogen) atoms. The third-order valence-electron chi connectivity index (χ3n) is 3.50. The topological polar surface area (TPSA) is 55.6 Å². The zero-order chi connectivity index (χ0) is 16.8. The SMILES string of the molecule is Cc1ccc(OCC(=O)N(Cc2ccco2)c2ccccn2)cc1. The normalized spacial score (nSPS) is 10.4. The summed E-state index contributed by atoms with van der Waals surface area (Å²) in [5.74, 6) is 1.72. The predicted molar refractivity (Wildman–Crippen MR) is 90.8 cm³/mol. The molecule has 0 saturated carbocycles. The van der Waals surface area contributed by atoms with Crippen molar-refractivity contribution in [1.29, 1.82) is 0 Å². The lowest BCUT2D eigenvalue weighted by Gasteiger charge is -2.20. The zero-order valence-electron chi connectivity index (χ0n) is 13.4. The maximum absolute atomic E-state index is 12.6. The molecule has 0 bridgehead atoms. The van der Waals surface area contributed by atoms with Crippen molar-refractivity contribution < 1.29 is 13.9 Å². The lowest BCUT2D eigenvalue weighted by molar-refractivity contribution is -0.120. The van der Waals surface area contributed by atoms with Gasteiger partial charge >= 0.3 is 0 Å². The molecule has 0 atom stereocenters. The molecule has 0 fully saturated rings. The summed E-state index contributed by atoms with van der Waals surface area (Å²) in [6, 6.07) is 16.6. The summed E-state index contributed by atoms with van der Waals surface area (Å²) in [7, 11) is 0. The molecule has 0 saturated heterocycles. The first-order valence-corrected chi connectivity index (χ1v) is 7.65. The zero-order valence-corrected chi connectivity index (χ0v) is 13.4. The average Bonchev–Trinajstić information content (AvgIpc) is 3.13. The Kier molecular flexibility index (Phi) is 4.91. The molecule has 0 radical (unpaired) electrons. The van der Waals surface area contributed by atoms with Crippen LogP contribution in [0, 0.1) is 6.92 Å². The number of amides is 1. The van der Waals surface area contributed by atoms with E-state index in [1.165, 1.54) is 0 Å². The first-order valence-electron chi connectivity index (χ1n) is 7.65. The van der Waals surface area contributed by atoms with Gasteiger partial charge < -0.3 is 9.15 Å². The third-order valence-corrected chi connectivity index (χ3v) is 3.50. The number of aryl methyl sites for hydroxylation is 1. The Bertz CT molecular complexity index is 768. The summed E-state index contributed by atoms with van der Waals surface area (Å²) in [5.41, 5.74) is 1.14. The second kappa shape index (κ2) is 7.46. The number of ether oxygens (including phenoxy) is 1. The van der Waals surface area contributed by atoms with Crippen molar-refractivity contribution in [1.82, 2.24) is 4.98 Å². The van der Waals surface area contributed by atoms with Crippen LogP contribution in [-0.4, -0.2) is 17.5 Å². The molecule has 122 valence electrons. The van der Waals surface area contributed by atoms with Gasteiger partial charge in [0, 0.05) is 6.20 Å². The van der Waals surface area contributed by atoms with Crippen molar-refractivity contribution in [2.45, 2.75) is 13.5 Å². The van der Waals surface area contributed by atoms with Crippen molar-refractivity contribution in [2.75, 3.05) is 11.5 Å². The summed E-state index contributed by atoms with van der Waals surface area (Å²) < 4.78 is 10.9. The molecule has 5 nitrogen and oxygen atoms in total. The van der Waals surface area contributed by atoms with Gasteiger partial charge in [-0.1, -0.05) is 23.8 Å². The Morgan fingerprint density at radius 1 is 1.12 bits per heavy atom. The van der Waals surface area contributed by atoms with Gasteiger partial charge in [-0.25, -0.2) is 4.98 Å². The van der Waals surface area contributed by atoms with E-state index < -0.39 is 0 Å². The minimum Gasteiger partial charge on any atom is -0.484 e. The largest absolute Gasteiger partial charge is 0.484 e. The van der Waals surface area contributed by atoms with Crippen LogP contribution in [0.4, 0.5) is 5.82 Å². The molecule has 1 aromatic carbocycles. The van der Waals surface area contributed by atoms with E-state index in [0.29, 0.717) is 23.9 Å². The molecular formula is C19H18N2O3. The molecule has 3 aromatic rings. The molecule has 0 aliphatic heterocycles. The van der Waals surface area contributed by atoms with Crippen LogP contribution in [0.15, 0.2) is 71.5 Å². The van der Waals surface area contributed by atoms with E-state index in [-0.39, 0.29) is 12.5 Å². The number of furan rings is 1. The monoisotopic (exact) mass is 322 g/mol. The number of rotatable bonds is 6. The van der Waals surface area contributed by atoms with Gasteiger partial charge in [0.05, 0.1) is 12.8 Å². The maximum Gasteiger partial charge on any atom is 0.266 e. The molecule has 0 aliphatic rings. The standard InChI is InChI=1S/C19H18N2O3/c1-15-7-9-16(10-8-15)24-14-19(22)21(13-17-5-4-12-23-17)18-6-2-3-11-20-18/h2-12H,13-14H2,1H3. The lowest BCUT2D eigenvalue weighted by Crippen LogP contribution is -2.35. The molecule has 2 heterocycles. The van der Waals surface area contributed by atoms with Crippen LogP contribution < -0.4 is 9.64 Å². The van der Waals surface area contributed by atoms with E-state index in [4.69, 9.17) is 9.15 Å². The lowest BCUT2D eigenvalue weighted by atomic mass is 10.2. The van der Waals surface area contributed by atoms with E-state index >= 15 is 0 Å². The van der Waals surface area contributed by atoms with Crippen LogP contribution in [-0.2, 0) is 11.3 Å². The summed E-state index contributed by atoms with van der Waals surface area (Å²) in [4.78, 5) is 18.4. The van der Waals surface area contributed by atoms with Crippen molar-refractivity contribution in [3.8, 4) is 5.75 Å². The first-order chi connectivity index (χ1) is 11.7. The molecule has 0 unspecified atom stereocenters. The van der Waals surface area contributed by atoms with Crippen LogP contribution in [0.1, 0.15) is 11.3 Å². The van der Waals surface area contributed by atoms with Gasteiger partial charge in [0.15, 0.2) is 6.61 Å². The summed E-state index contributed by atoms with van der Waals surface area (Å²) >= 11 is 0. The number of benzene rings is 1. The third kappa shape index (κ3) is 4.01. The summed E-state index contributed by atoms with van der Waals surface area (Å²) in [5, 5.41) is 0. The Labute approximate surface area is 140 Å². The minimum absolute atomic E-state index is 0.0691. The molecule has 0 aliphatic carbocycles. The average molecular weight is 322 g/mol. The van der Waals surface area contributed by atoms with E-state index in [1.807, 2.05) is 49.4 Å². The van der Waals surface area contributed by atoms with E-state index in [2.05, 4.69) is 4.98 Å². The number of carbonyl (C=O) groups excluding carboxylic acids is 1. The van der Waals surface area contributed by atoms with Crippen LogP contribution in [0.3, 0.4) is 0 Å². The van der Waals surface area contributed by atoms with Crippen molar-refractivity contribution in [3.05, 3.63) is 78.4 Å². The number of nitrogens with zero attached hydrogens (tertiary/aromatic N) is 2. The molecular weight excluding hydrogens is 304 g/mol. The molecule has 2 aromatic heterocycles. The van der Waals surface area contributed by atoms with E-state index in [9.17, 15) is 4.79 Å². The highest BCUT2D eigenvalue weighted by Gasteiger charge is 2.19. The Morgan fingerprint density at radius 3 is 2.62 bits per heavy atom. The highest BCUT2D eigenvalue weighted by atomic mass is 16.5. The van der Waals surface area contributed by atoms with E-state index in [0.717, 1.165) is 5.56 Å². The fourth-order valence-corrected chi connectivity index (χ4v) is 2.23. The second-order valence-corrected chi connectivity index (χ2v) is 5.35. The number of carbonyl (C=O) groups is 1. The van der Waals surface area contributed by atoms with Crippen molar-refractivity contribution in [2.24, 2.45) is 0 Å². The molecule has 0 N–H and O–H groups in total. The summed E-state index contributed by atoms with van der Waals surface area (Å²) in [6.07, 6.45) is 3.23. The fraction of sp³-hybridized carbons (Fsp3) is 0.158. The second-order valence-electron chi connectivity index (χ2n) is 5.35. The number of hydrogen-bond donors (Lipinski definition) is 0. The number of pyridine rings is 1. The van der Waals surface area contributed by atoms with Gasteiger partial charge in [-0.3, -0.25) is 9.69 Å². The Hall–Kier alpha value is -3.08. The Morgan fingerprint density at radius 2 is 1.96 bits per heavy atom. The first kappa shape index (κ1) is 15.8. The van der Waals surface area contributed by atoms with Crippen molar-refractivity contribution in [3.63, 3.8) is 0 Å².